The average Bonchev–Trinajstić information content (AvgIpc) is 3.09. The van der Waals surface area contributed by atoms with Gasteiger partial charge in [0.15, 0.2) is 11.5 Å². The summed E-state index contributed by atoms with van der Waals surface area (Å²) in [6, 6.07) is 5.08. The first kappa shape index (κ1) is 16.9. The molecule has 0 unspecified atom stereocenters. The number of ether oxygens (including phenoxy) is 2. The van der Waals surface area contributed by atoms with Crippen LogP contribution in [0, 0.1) is 0 Å². The summed E-state index contributed by atoms with van der Waals surface area (Å²) in [5.74, 6) is 1.33. The van der Waals surface area contributed by atoms with E-state index in [0.717, 1.165) is 37.1 Å². The van der Waals surface area contributed by atoms with Crippen LogP contribution < -0.4 is 25.8 Å². The maximum absolute atomic E-state index is 12.7. The predicted octanol–water partition coefficient (Wildman–Crippen LogP) is 2.87. The van der Waals surface area contributed by atoms with Gasteiger partial charge in [-0.05, 0) is 25.0 Å². The molecule has 0 bridgehead atoms. The average molecular weight is 375 g/mol. The molecule has 1 aromatic heterocycles. The molecule has 0 radical (unpaired) electrons. The molecule has 0 atom stereocenters. The van der Waals surface area contributed by atoms with E-state index < -0.39 is 5.54 Å². The van der Waals surface area contributed by atoms with Gasteiger partial charge in [-0.2, -0.15) is 0 Å². The summed E-state index contributed by atoms with van der Waals surface area (Å²) in [4.78, 5) is 12.7. The van der Waals surface area contributed by atoms with E-state index in [9.17, 15) is 4.79 Å². The number of carbonyl (C=O) groups is 1. The summed E-state index contributed by atoms with van der Waals surface area (Å²) in [6.07, 6.45) is 4.88. The Morgan fingerprint density at radius 1 is 1.12 bits per heavy atom. The molecule has 26 heavy (non-hydrogen) atoms. The fourth-order valence-corrected chi connectivity index (χ4v) is 4.29. The second-order valence-electron chi connectivity index (χ2n) is 6.53. The van der Waals surface area contributed by atoms with Crippen LogP contribution in [0.1, 0.15) is 37.1 Å². The van der Waals surface area contributed by atoms with Gasteiger partial charge in [-0.25, -0.2) is 4.79 Å². The molecular formula is C17H21N5O3S. The number of nitrogen functional groups attached to an aromatic ring is 1. The zero-order chi connectivity index (χ0) is 18.0. The molecule has 8 nitrogen and oxygen atoms in total. The summed E-state index contributed by atoms with van der Waals surface area (Å²) in [6.45, 7) is 1.04. The molecule has 1 fully saturated rings. The monoisotopic (exact) mass is 375 g/mol. The standard InChI is InChI=1S/C17H21N5O3S/c18-15-22-21-14(26-15)17(6-2-1-3-7-17)20-16(23)19-11-4-5-12-13(10-11)25-9-8-24-12/h4-5,10H,1-3,6-9H2,(H2,18,22)(H2,19,20,23). The van der Waals surface area contributed by atoms with E-state index in [-0.39, 0.29) is 6.03 Å². The molecule has 1 aromatic carbocycles. The third-order valence-corrected chi connectivity index (χ3v) is 5.67. The van der Waals surface area contributed by atoms with Crippen LogP contribution in [-0.4, -0.2) is 29.4 Å². The Kier molecular flexibility index (Phi) is 4.54. The van der Waals surface area contributed by atoms with E-state index in [1.807, 2.05) is 0 Å². The van der Waals surface area contributed by atoms with Crippen LogP contribution in [0.3, 0.4) is 0 Å². The van der Waals surface area contributed by atoms with Crippen LogP contribution in [0.2, 0.25) is 0 Å². The SMILES string of the molecule is Nc1nnc(C2(NC(=O)Nc3ccc4c(c3)OCCO4)CCCCC2)s1. The molecule has 2 amide bonds. The molecular weight excluding hydrogens is 354 g/mol. The van der Waals surface area contributed by atoms with Gasteiger partial charge in [0.05, 0.1) is 5.54 Å². The second kappa shape index (κ2) is 6.99. The number of benzene rings is 1. The Morgan fingerprint density at radius 3 is 2.62 bits per heavy atom. The van der Waals surface area contributed by atoms with Gasteiger partial charge >= 0.3 is 6.03 Å². The van der Waals surface area contributed by atoms with Gasteiger partial charge in [-0.1, -0.05) is 30.6 Å². The number of hydrogen-bond acceptors (Lipinski definition) is 7. The van der Waals surface area contributed by atoms with Gasteiger partial charge in [0.2, 0.25) is 5.13 Å². The zero-order valence-electron chi connectivity index (χ0n) is 14.3. The van der Waals surface area contributed by atoms with Crippen molar-refractivity contribution in [3.63, 3.8) is 0 Å². The lowest BCUT2D eigenvalue weighted by atomic mass is 9.82. The first-order valence-electron chi connectivity index (χ1n) is 8.73. The van der Waals surface area contributed by atoms with Crippen LogP contribution >= 0.6 is 11.3 Å². The molecule has 1 aliphatic heterocycles. The molecule has 4 rings (SSSR count). The van der Waals surface area contributed by atoms with Crippen molar-refractivity contribution in [3.8, 4) is 11.5 Å². The number of nitrogens with one attached hydrogen (secondary N) is 2. The number of nitrogens with two attached hydrogens (primary N) is 1. The van der Waals surface area contributed by atoms with Gasteiger partial charge in [0.25, 0.3) is 0 Å². The molecule has 4 N–H and O–H groups in total. The highest BCUT2D eigenvalue weighted by molar-refractivity contribution is 7.15. The van der Waals surface area contributed by atoms with E-state index >= 15 is 0 Å². The molecule has 2 heterocycles. The maximum Gasteiger partial charge on any atom is 0.320 e. The first-order chi connectivity index (χ1) is 12.6. The number of aromatic nitrogens is 2. The van der Waals surface area contributed by atoms with Crippen molar-refractivity contribution in [2.45, 2.75) is 37.6 Å². The third-order valence-electron chi connectivity index (χ3n) is 4.71. The molecule has 0 spiro atoms. The van der Waals surface area contributed by atoms with Gasteiger partial charge in [0.1, 0.15) is 18.2 Å². The van der Waals surface area contributed by atoms with E-state index in [0.29, 0.717) is 35.5 Å². The highest BCUT2D eigenvalue weighted by Crippen LogP contribution is 2.39. The number of fused-ring (bicyclic) bond motifs is 1. The Labute approximate surface area is 155 Å². The smallest absolute Gasteiger partial charge is 0.320 e. The summed E-state index contributed by atoms with van der Waals surface area (Å²) in [5, 5.41) is 15.3. The number of rotatable bonds is 3. The van der Waals surface area contributed by atoms with Gasteiger partial charge in [0, 0.05) is 11.8 Å². The normalized spacial score (nSPS) is 18.2. The Morgan fingerprint density at radius 2 is 1.88 bits per heavy atom. The lowest BCUT2D eigenvalue weighted by Crippen LogP contribution is -2.48. The fraction of sp³-hybridized carbons (Fsp3) is 0.471. The van der Waals surface area contributed by atoms with Crippen molar-refractivity contribution in [3.05, 3.63) is 23.2 Å². The van der Waals surface area contributed by atoms with E-state index in [1.165, 1.54) is 11.3 Å². The van der Waals surface area contributed by atoms with Crippen LogP contribution in [0.5, 0.6) is 11.5 Å². The van der Waals surface area contributed by atoms with Crippen LogP contribution in [0.25, 0.3) is 0 Å². The minimum Gasteiger partial charge on any atom is -0.486 e. The van der Waals surface area contributed by atoms with Crippen LogP contribution in [0.15, 0.2) is 18.2 Å². The topological polar surface area (TPSA) is 111 Å². The molecule has 1 aliphatic carbocycles. The summed E-state index contributed by atoms with van der Waals surface area (Å²) >= 11 is 1.34. The second-order valence-corrected chi connectivity index (χ2v) is 7.53. The summed E-state index contributed by atoms with van der Waals surface area (Å²) in [7, 11) is 0. The number of carbonyl (C=O) groups excluding carboxylic acids is 1. The number of hydrogen-bond donors (Lipinski definition) is 3. The van der Waals surface area contributed by atoms with E-state index in [4.69, 9.17) is 15.2 Å². The fourth-order valence-electron chi connectivity index (χ4n) is 3.48. The Bertz CT molecular complexity index is 803. The van der Waals surface area contributed by atoms with E-state index in [1.54, 1.807) is 18.2 Å². The molecule has 138 valence electrons. The number of amides is 2. The number of nitrogens with zero attached hydrogens (tertiary/aromatic N) is 2. The van der Waals surface area contributed by atoms with Crippen molar-refractivity contribution in [1.82, 2.24) is 15.5 Å². The lowest BCUT2D eigenvalue weighted by Gasteiger charge is -2.35. The summed E-state index contributed by atoms with van der Waals surface area (Å²) < 4.78 is 11.1. The number of urea groups is 1. The van der Waals surface area contributed by atoms with Gasteiger partial charge < -0.3 is 25.8 Å². The minimum absolute atomic E-state index is 0.280. The molecule has 1 saturated carbocycles. The van der Waals surface area contributed by atoms with Gasteiger partial charge in [-0.15, -0.1) is 10.2 Å². The van der Waals surface area contributed by atoms with Crippen molar-refractivity contribution < 1.29 is 14.3 Å². The Hall–Kier alpha value is -2.55. The molecule has 2 aliphatic rings. The van der Waals surface area contributed by atoms with Crippen molar-refractivity contribution >= 4 is 28.2 Å². The zero-order valence-corrected chi connectivity index (χ0v) is 15.1. The molecule has 9 heteroatoms. The van der Waals surface area contributed by atoms with Crippen molar-refractivity contribution in [1.29, 1.82) is 0 Å². The quantitative estimate of drug-likeness (QED) is 0.761. The minimum atomic E-state index is -0.508. The first-order valence-corrected chi connectivity index (χ1v) is 9.55. The predicted molar refractivity (Wildman–Crippen MR) is 98.7 cm³/mol. The van der Waals surface area contributed by atoms with Crippen molar-refractivity contribution in [2.75, 3.05) is 24.3 Å². The van der Waals surface area contributed by atoms with Crippen LogP contribution in [-0.2, 0) is 5.54 Å². The highest BCUT2D eigenvalue weighted by Gasteiger charge is 2.38. The van der Waals surface area contributed by atoms with Crippen LogP contribution in [0.4, 0.5) is 15.6 Å². The van der Waals surface area contributed by atoms with E-state index in [2.05, 4.69) is 20.8 Å². The van der Waals surface area contributed by atoms with Gasteiger partial charge in [-0.3, -0.25) is 0 Å². The molecule has 0 saturated heterocycles. The molecule has 2 aromatic rings. The maximum atomic E-state index is 12.7. The van der Waals surface area contributed by atoms with Crippen molar-refractivity contribution in [2.24, 2.45) is 0 Å². The Balaban J connectivity index is 1.50. The largest absolute Gasteiger partial charge is 0.486 e. The number of anilines is 2. The highest BCUT2D eigenvalue weighted by atomic mass is 32.1. The summed E-state index contributed by atoms with van der Waals surface area (Å²) in [5.41, 5.74) is 5.89. The third kappa shape index (κ3) is 3.39. The lowest BCUT2D eigenvalue weighted by molar-refractivity contribution is 0.171.